The fraction of sp³-hybridized carbons (Fsp3) is 0.278. The SMILES string of the molecule is CC(C)CCn1ccc(NC(=O)/C=C/c2ccc(Cl)cc2)nc1=O. The molecule has 2 aromatic rings. The smallest absolute Gasteiger partial charge is 0.307 e. The van der Waals surface area contributed by atoms with Crippen molar-refractivity contribution in [2.45, 2.75) is 26.8 Å². The zero-order chi connectivity index (χ0) is 17.5. The van der Waals surface area contributed by atoms with E-state index < -0.39 is 0 Å². The van der Waals surface area contributed by atoms with E-state index in [4.69, 9.17) is 11.6 Å². The summed E-state index contributed by atoms with van der Waals surface area (Å²) in [5, 5.41) is 3.22. The Bertz CT molecular complexity index is 780. The van der Waals surface area contributed by atoms with Crippen LogP contribution in [0.3, 0.4) is 0 Å². The van der Waals surface area contributed by atoms with E-state index in [-0.39, 0.29) is 17.4 Å². The summed E-state index contributed by atoms with van der Waals surface area (Å²) in [7, 11) is 0. The molecule has 5 nitrogen and oxygen atoms in total. The lowest BCUT2D eigenvalue weighted by Gasteiger charge is -2.08. The van der Waals surface area contributed by atoms with Gasteiger partial charge >= 0.3 is 5.69 Å². The van der Waals surface area contributed by atoms with Gasteiger partial charge in [0.25, 0.3) is 0 Å². The molecule has 0 saturated carbocycles. The second-order valence-corrected chi connectivity index (χ2v) is 6.28. The van der Waals surface area contributed by atoms with Gasteiger partial charge in [0.05, 0.1) is 0 Å². The van der Waals surface area contributed by atoms with E-state index in [1.54, 1.807) is 47.2 Å². The first-order valence-electron chi connectivity index (χ1n) is 7.76. The molecule has 6 heteroatoms. The lowest BCUT2D eigenvalue weighted by atomic mass is 10.1. The van der Waals surface area contributed by atoms with Crippen molar-refractivity contribution >= 4 is 29.4 Å². The topological polar surface area (TPSA) is 64.0 Å². The summed E-state index contributed by atoms with van der Waals surface area (Å²) in [6, 6.07) is 8.73. The number of halogens is 1. The van der Waals surface area contributed by atoms with Crippen molar-refractivity contribution in [3.05, 3.63) is 63.7 Å². The molecule has 24 heavy (non-hydrogen) atoms. The quantitative estimate of drug-likeness (QED) is 0.814. The zero-order valence-electron chi connectivity index (χ0n) is 13.7. The molecule has 0 aliphatic heterocycles. The van der Waals surface area contributed by atoms with E-state index in [0.29, 0.717) is 17.5 Å². The zero-order valence-corrected chi connectivity index (χ0v) is 14.5. The highest BCUT2D eigenvalue weighted by atomic mass is 35.5. The number of aryl methyl sites for hydroxylation is 1. The van der Waals surface area contributed by atoms with Crippen LogP contribution in [0.25, 0.3) is 6.08 Å². The molecule has 0 bridgehead atoms. The van der Waals surface area contributed by atoms with E-state index >= 15 is 0 Å². The van der Waals surface area contributed by atoms with Crippen LogP contribution in [-0.2, 0) is 11.3 Å². The highest BCUT2D eigenvalue weighted by molar-refractivity contribution is 6.30. The third kappa shape index (κ3) is 5.66. The Kier molecular flexibility index (Phi) is 6.32. The number of hydrogen-bond donors (Lipinski definition) is 1. The number of hydrogen-bond acceptors (Lipinski definition) is 3. The first-order chi connectivity index (χ1) is 11.4. The highest BCUT2D eigenvalue weighted by Crippen LogP contribution is 2.10. The average molecular weight is 346 g/mol. The van der Waals surface area contributed by atoms with E-state index in [9.17, 15) is 9.59 Å². The molecule has 1 N–H and O–H groups in total. The Balaban J connectivity index is 1.97. The maximum absolute atomic E-state index is 11.9. The summed E-state index contributed by atoms with van der Waals surface area (Å²) >= 11 is 5.81. The molecule has 1 heterocycles. The lowest BCUT2D eigenvalue weighted by molar-refractivity contribution is -0.111. The van der Waals surface area contributed by atoms with Gasteiger partial charge in [-0.15, -0.1) is 0 Å². The summed E-state index contributed by atoms with van der Waals surface area (Å²) in [5.41, 5.74) is 0.488. The first-order valence-corrected chi connectivity index (χ1v) is 8.14. The Hall–Kier alpha value is -2.40. The maximum Gasteiger partial charge on any atom is 0.349 e. The molecule has 0 unspecified atom stereocenters. The Labute approximate surface area is 146 Å². The predicted octanol–water partition coefficient (Wildman–Crippen LogP) is 3.59. The van der Waals surface area contributed by atoms with Crippen LogP contribution in [-0.4, -0.2) is 15.5 Å². The highest BCUT2D eigenvalue weighted by Gasteiger charge is 2.04. The molecular weight excluding hydrogens is 326 g/mol. The molecule has 0 aliphatic rings. The van der Waals surface area contributed by atoms with Crippen LogP contribution in [0.5, 0.6) is 0 Å². The van der Waals surface area contributed by atoms with Crippen LogP contribution in [0.2, 0.25) is 5.02 Å². The average Bonchev–Trinajstić information content (AvgIpc) is 2.53. The molecule has 0 atom stereocenters. The third-order valence-electron chi connectivity index (χ3n) is 3.37. The summed E-state index contributed by atoms with van der Waals surface area (Å²) in [6.45, 7) is 4.81. The van der Waals surface area contributed by atoms with Gasteiger partial charge in [-0.1, -0.05) is 37.6 Å². The van der Waals surface area contributed by atoms with E-state index in [0.717, 1.165) is 12.0 Å². The molecule has 126 valence electrons. The van der Waals surface area contributed by atoms with E-state index in [2.05, 4.69) is 24.1 Å². The maximum atomic E-state index is 11.9. The van der Waals surface area contributed by atoms with Gasteiger partial charge in [0.15, 0.2) is 0 Å². The van der Waals surface area contributed by atoms with Crippen LogP contribution in [0, 0.1) is 5.92 Å². The van der Waals surface area contributed by atoms with Gasteiger partial charge in [0.1, 0.15) is 5.82 Å². The lowest BCUT2D eigenvalue weighted by Crippen LogP contribution is -2.24. The first kappa shape index (κ1) is 17.9. The van der Waals surface area contributed by atoms with E-state index in [1.807, 2.05) is 0 Å². The van der Waals surface area contributed by atoms with Crippen LogP contribution >= 0.6 is 11.6 Å². The molecule has 0 saturated heterocycles. The van der Waals surface area contributed by atoms with Crippen molar-refractivity contribution in [3.8, 4) is 0 Å². The number of carbonyl (C=O) groups is 1. The minimum atomic E-state index is -0.366. The second-order valence-electron chi connectivity index (χ2n) is 5.85. The Morgan fingerprint density at radius 2 is 2.00 bits per heavy atom. The van der Waals surface area contributed by atoms with Crippen molar-refractivity contribution in [3.63, 3.8) is 0 Å². The van der Waals surface area contributed by atoms with Crippen molar-refractivity contribution in [1.82, 2.24) is 9.55 Å². The molecule has 0 radical (unpaired) electrons. The molecule has 0 spiro atoms. The van der Waals surface area contributed by atoms with Crippen LogP contribution in [0.1, 0.15) is 25.8 Å². The van der Waals surface area contributed by atoms with Crippen molar-refractivity contribution < 1.29 is 4.79 Å². The van der Waals surface area contributed by atoms with Gasteiger partial charge < -0.3 is 5.32 Å². The number of amides is 1. The van der Waals surface area contributed by atoms with Crippen molar-refractivity contribution in [1.29, 1.82) is 0 Å². The molecule has 1 aromatic heterocycles. The molecular formula is C18H20ClN3O2. The van der Waals surface area contributed by atoms with Gasteiger partial charge in [-0.2, -0.15) is 4.98 Å². The fourth-order valence-corrected chi connectivity index (χ4v) is 2.11. The standard InChI is InChI=1S/C18H20ClN3O2/c1-13(2)9-11-22-12-10-16(21-18(22)24)20-17(23)8-5-14-3-6-15(19)7-4-14/h3-8,10,12-13H,9,11H2,1-2H3,(H,20,21,23,24)/b8-5+. The minimum absolute atomic E-state index is 0.242. The van der Waals surface area contributed by atoms with Crippen LogP contribution in [0.4, 0.5) is 5.82 Å². The Morgan fingerprint density at radius 3 is 2.62 bits per heavy atom. The van der Waals surface area contributed by atoms with Crippen LogP contribution in [0.15, 0.2) is 47.4 Å². The number of rotatable bonds is 6. The fourth-order valence-electron chi connectivity index (χ4n) is 1.98. The third-order valence-corrected chi connectivity index (χ3v) is 3.62. The summed E-state index contributed by atoms with van der Waals surface area (Å²) in [5.74, 6) is 0.401. The number of benzene rings is 1. The normalized spacial score (nSPS) is 11.2. The van der Waals surface area contributed by atoms with Gasteiger partial charge in [-0.05, 0) is 42.2 Å². The largest absolute Gasteiger partial charge is 0.349 e. The minimum Gasteiger partial charge on any atom is -0.307 e. The molecule has 0 fully saturated rings. The van der Waals surface area contributed by atoms with Crippen molar-refractivity contribution in [2.75, 3.05) is 5.32 Å². The van der Waals surface area contributed by atoms with E-state index in [1.165, 1.54) is 6.08 Å². The molecule has 0 aliphatic carbocycles. The van der Waals surface area contributed by atoms with Gasteiger partial charge in [0, 0.05) is 23.8 Å². The predicted molar refractivity (Wildman–Crippen MR) is 97.1 cm³/mol. The van der Waals surface area contributed by atoms with Gasteiger partial charge in [-0.25, -0.2) is 4.79 Å². The number of nitrogens with one attached hydrogen (secondary N) is 1. The van der Waals surface area contributed by atoms with Crippen molar-refractivity contribution in [2.24, 2.45) is 5.92 Å². The summed E-state index contributed by atoms with van der Waals surface area (Å²) < 4.78 is 1.54. The van der Waals surface area contributed by atoms with Crippen LogP contribution < -0.4 is 11.0 Å². The number of anilines is 1. The summed E-state index contributed by atoms with van der Waals surface area (Å²) in [6.07, 6.45) is 5.60. The van der Waals surface area contributed by atoms with Gasteiger partial charge in [0.2, 0.25) is 5.91 Å². The van der Waals surface area contributed by atoms with Gasteiger partial charge in [-0.3, -0.25) is 9.36 Å². The number of aromatic nitrogens is 2. The summed E-state index contributed by atoms with van der Waals surface area (Å²) in [4.78, 5) is 27.7. The molecule has 1 amide bonds. The Morgan fingerprint density at radius 1 is 1.29 bits per heavy atom. The monoisotopic (exact) mass is 345 g/mol. The molecule has 1 aromatic carbocycles. The number of nitrogens with zero attached hydrogens (tertiary/aromatic N) is 2. The second kappa shape index (κ2) is 8.45. The number of carbonyl (C=O) groups excluding carboxylic acids is 1. The molecule has 2 rings (SSSR count).